The number of hydrogen-bond donors (Lipinski definition) is 1. The minimum Gasteiger partial charge on any atom is -0.310 e. The second kappa shape index (κ2) is 6.62. The SMILES string of the molecule is CC(C)CCCN[C@@H](C)c1ccccc1. The predicted molar refractivity (Wildman–Crippen MR) is 66.9 cm³/mol. The fourth-order valence-electron chi connectivity index (χ4n) is 1.69. The van der Waals surface area contributed by atoms with Crippen LogP contribution in [-0.4, -0.2) is 6.54 Å². The van der Waals surface area contributed by atoms with Crippen LogP contribution in [0.2, 0.25) is 0 Å². The second-order valence-electron chi connectivity index (χ2n) is 4.62. The zero-order valence-corrected chi connectivity index (χ0v) is 10.2. The molecule has 1 heteroatoms. The van der Waals surface area contributed by atoms with Gasteiger partial charge in [0, 0.05) is 6.04 Å². The van der Waals surface area contributed by atoms with E-state index in [1.807, 2.05) is 0 Å². The smallest absolute Gasteiger partial charge is 0.0291 e. The predicted octanol–water partition coefficient (Wildman–Crippen LogP) is 3.77. The molecule has 1 aromatic rings. The molecule has 0 aliphatic heterocycles. The van der Waals surface area contributed by atoms with Crippen LogP contribution in [-0.2, 0) is 0 Å². The van der Waals surface area contributed by atoms with Gasteiger partial charge in [-0.15, -0.1) is 0 Å². The molecule has 1 N–H and O–H groups in total. The van der Waals surface area contributed by atoms with Crippen molar-refractivity contribution < 1.29 is 0 Å². The second-order valence-corrected chi connectivity index (χ2v) is 4.62. The van der Waals surface area contributed by atoms with Crippen molar-refractivity contribution in [2.24, 2.45) is 5.92 Å². The molecule has 0 fully saturated rings. The van der Waals surface area contributed by atoms with Gasteiger partial charge in [0.15, 0.2) is 0 Å². The summed E-state index contributed by atoms with van der Waals surface area (Å²) in [5.74, 6) is 0.818. The molecule has 1 rings (SSSR count). The van der Waals surface area contributed by atoms with Crippen LogP contribution >= 0.6 is 0 Å². The summed E-state index contributed by atoms with van der Waals surface area (Å²) < 4.78 is 0. The molecular formula is C14H23N. The number of nitrogens with one attached hydrogen (secondary N) is 1. The van der Waals surface area contributed by atoms with Crippen molar-refractivity contribution in [1.29, 1.82) is 0 Å². The largest absolute Gasteiger partial charge is 0.310 e. The third kappa shape index (κ3) is 4.98. The number of benzene rings is 1. The van der Waals surface area contributed by atoms with Crippen molar-refractivity contribution in [3.63, 3.8) is 0 Å². The highest BCUT2D eigenvalue weighted by atomic mass is 14.9. The third-order valence-electron chi connectivity index (χ3n) is 2.71. The van der Waals surface area contributed by atoms with Crippen LogP contribution in [0.25, 0.3) is 0 Å². The van der Waals surface area contributed by atoms with E-state index in [9.17, 15) is 0 Å². The Kier molecular flexibility index (Phi) is 5.41. The first kappa shape index (κ1) is 12.3. The van der Waals surface area contributed by atoms with Crippen molar-refractivity contribution in [2.45, 2.75) is 39.7 Å². The number of hydrogen-bond acceptors (Lipinski definition) is 1. The van der Waals surface area contributed by atoms with Gasteiger partial charge in [0.05, 0.1) is 0 Å². The topological polar surface area (TPSA) is 12.0 Å². The minimum absolute atomic E-state index is 0.471. The molecule has 1 atom stereocenters. The lowest BCUT2D eigenvalue weighted by Crippen LogP contribution is -2.20. The van der Waals surface area contributed by atoms with Gasteiger partial charge in [0.2, 0.25) is 0 Å². The lowest BCUT2D eigenvalue weighted by molar-refractivity contribution is 0.497. The van der Waals surface area contributed by atoms with Crippen molar-refractivity contribution >= 4 is 0 Å². The molecule has 1 nitrogen and oxygen atoms in total. The average Bonchev–Trinajstić information content (AvgIpc) is 2.25. The Labute approximate surface area is 93.9 Å². The summed E-state index contributed by atoms with van der Waals surface area (Å²) >= 11 is 0. The first-order chi connectivity index (χ1) is 7.20. The standard InChI is InChI=1S/C14H23N/c1-12(2)8-7-11-15-13(3)14-9-5-4-6-10-14/h4-6,9-10,12-13,15H,7-8,11H2,1-3H3/t13-/m0/s1. The molecule has 84 valence electrons. The van der Waals surface area contributed by atoms with Gasteiger partial charge in [-0.25, -0.2) is 0 Å². The lowest BCUT2D eigenvalue weighted by Gasteiger charge is -2.14. The fraction of sp³-hybridized carbons (Fsp3) is 0.571. The molecule has 0 saturated carbocycles. The molecule has 0 aliphatic carbocycles. The Bertz CT molecular complexity index is 253. The highest BCUT2D eigenvalue weighted by Gasteiger charge is 2.02. The normalized spacial score (nSPS) is 13.1. The molecule has 1 aromatic carbocycles. The molecular weight excluding hydrogens is 182 g/mol. The molecule has 0 bridgehead atoms. The molecule has 0 amide bonds. The summed E-state index contributed by atoms with van der Waals surface area (Å²) in [6.07, 6.45) is 2.59. The minimum atomic E-state index is 0.471. The van der Waals surface area contributed by atoms with Gasteiger partial charge in [-0.1, -0.05) is 44.2 Å². The third-order valence-corrected chi connectivity index (χ3v) is 2.71. The summed E-state index contributed by atoms with van der Waals surface area (Å²) in [5, 5.41) is 3.55. The maximum atomic E-state index is 3.55. The van der Waals surface area contributed by atoms with E-state index >= 15 is 0 Å². The van der Waals surface area contributed by atoms with Gasteiger partial charge in [-0.2, -0.15) is 0 Å². The summed E-state index contributed by atoms with van der Waals surface area (Å²) in [4.78, 5) is 0. The Morgan fingerprint density at radius 1 is 1.07 bits per heavy atom. The van der Waals surface area contributed by atoms with Crippen LogP contribution in [0.5, 0.6) is 0 Å². The van der Waals surface area contributed by atoms with E-state index in [4.69, 9.17) is 0 Å². The van der Waals surface area contributed by atoms with E-state index in [1.54, 1.807) is 0 Å². The molecule has 0 radical (unpaired) electrons. The zero-order chi connectivity index (χ0) is 11.1. The van der Waals surface area contributed by atoms with Crippen LogP contribution in [0.4, 0.5) is 0 Å². The average molecular weight is 205 g/mol. The van der Waals surface area contributed by atoms with E-state index in [0.29, 0.717) is 6.04 Å². The van der Waals surface area contributed by atoms with E-state index in [-0.39, 0.29) is 0 Å². The molecule has 0 spiro atoms. The first-order valence-corrected chi connectivity index (χ1v) is 5.98. The Morgan fingerprint density at radius 2 is 1.73 bits per heavy atom. The van der Waals surface area contributed by atoms with Gasteiger partial charge in [-0.3, -0.25) is 0 Å². The quantitative estimate of drug-likeness (QED) is 0.697. The maximum Gasteiger partial charge on any atom is 0.0291 e. The first-order valence-electron chi connectivity index (χ1n) is 5.98. The summed E-state index contributed by atoms with van der Waals surface area (Å²) in [7, 11) is 0. The Morgan fingerprint density at radius 3 is 2.33 bits per heavy atom. The molecule has 0 saturated heterocycles. The van der Waals surface area contributed by atoms with Gasteiger partial charge in [-0.05, 0) is 37.8 Å². The van der Waals surface area contributed by atoms with E-state index in [0.717, 1.165) is 12.5 Å². The molecule has 0 heterocycles. The Balaban J connectivity index is 2.22. The van der Waals surface area contributed by atoms with Gasteiger partial charge < -0.3 is 5.32 Å². The van der Waals surface area contributed by atoms with Crippen LogP contribution < -0.4 is 5.32 Å². The van der Waals surface area contributed by atoms with Crippen molar-refractivity contribution in [3.05, 3.63) is 35.9 Å². The van der Waals surface area contributed by atoms with Crippen LogP contribution in [0, 0.1) is 5.92 Å². The van der Waals surface area contributed by atoms with Gasteiger partial charge >= 0.3 is 0 Å². The van der Waals surface area contributed by atoms with E-state index < -0.39 is 0 Å². The van der Waals surface area contributed by atoms with Crippen molar-refractivity contribution in [3.8, 4) is 0 Å². The molecule has 15 heavy (non-hydrogen) atoms. The molecule has 0 unspecified atom stereocenters. The van der Waals surface area contributed by atoms with E-state index in [1.165, 1.54) is 18.4 Å². The summed E-state index contributed by atoms with van der Waals surface area (Å²) in [6.45, 7) is 7.90. The van der Waals surface area contributed by atoms with Gasteiger partial charge in [0.25, 0.3) is 0 Å². The van der Waals surface area contributed by atoms with Crippen LogP contribution in [0.15, 0.2) is 30.3 Å². The highest BCUT2D eigenvalue weighted by molar-refractivity contribution is 5.17. The number of rotatable bonds is 6. The summed E-state index contributed by atoms with van der Waals surface area (Å²) in [6, 6.07) is 11.1. The fourth-order valence-corrected chi connectivity index (χ4v) is 1.69. The Hall–Kier alpha value is -0.820. The highest BCUT2D eigenvalue weighted by Crippen LogP contribution is 2.11. The summed E-state index contributed by atoms with van der Waals surface area (Å²) in [5.41, 5.74) is 1.38. The zero-order valence-electron chi connectivity index (χ0n) is 10.2. The van der Waals surface area contributed by atoms with Crippen LogP contribution in [0.3, 0.4) is 0 Å². The van der Waals surface area contributed by atoms with Gasteiger partial charge in [0.1, 0.15) is 0 Å². The van der Waals surface area contributed by atoms with Crippen molar-refractivity contribution in [2.75, 3.05) is 6.54 Å². The lowest BCUT2D eigenvalue weighted by atomic mass is 10.1. The monoisotopic (exact) mass is 205 g/mol. The molecule has 0 aromatic heterocycles. The maximum absolute atomic E-state index is 3.55. The van der Waals surface area contributed by atoms with E-state index in [2.05, 4.69) is 56.4 Å². The molecule has 0 aliphatic rings. The van der Waals surface area contributed by atoms with Crippen molar-refractivity contribution in [1.82, 2.24) is 5.32 Å². The van der Waals surface area contributed by atoms with Crippen LogP contribution in [0.1, 0.15) is 45.2 Å².